The van der Waals surface area contributed by atoms with Crippen LogP contribution in [-0.4, -0.2) is 44.6 Å². The van der Waals surface area contributed by atoms with Crippen LogP contribution in [0.3, 0.4) is 0 Å². The highest BCUT2D eigenvalue weighted by Crippen LogP contribution is 2.19. The fourth-order valence-electron chi connectivity index (χ4n) is 3.68. The fourth-order valence-corrected chi connectivity index (χ4v) is 3.68. The molecule has 8 nitrogen and oxygen atoms in total. The largest absolute Gasteiger partial charge is 0.350 e. The maximum Gasteiger partial charge on any atom is 0.332 e. The number of aromatic nitrogens is 3. The zero-order valence-corrected chi connectivity index (χ0v) is 17.8. The van der Waals surface area contributed by atoms with Crippen LogP contribution in [0.1, 0.15) is 35.8 Å². The van der Waals surface area contributed by atoms with E-state index in [4.69, 9.17) is 0 Å². The highest BCUT2D eigenvalue weighted by molar-refractivity contribution is 5.96. The monoisotopic (exact) mass is 409 g/mol. The SMILES string of the molecule is CCN(CC)[C@@H](CNC(=O)c1cnc2c(c1)c(=O)n(C)c(=O)n2C)c1ccccc1. The number of carbonyl (C=O) groups excluding carboxylic acids is 1. The molecular weight excluding hydrogens is 382 g/mol. The smallest absolute Gasteiger partial charge is 0.332 e. The van der Waals surface area contributed by atoms with Gasteiger partial charge in [-0.05, 0) is 24.7 Å². The van der Waals surface area contributed by atoms with Gasteiger partial charge in [-0.1, -0.05) is 44.2 Å². The minimum Gasteiger partial charge on any atom is -0.350 e. The van der Waals surface area contributed by atoms with E-state index in [1.165, 1.54) is 23.9 Å². The maximum absolute atomic E-state index is 12.8. The van der Waals surface area contributed by atoms with Gasteiger partial charge in [-0.2, -0.15) is 0 Å². The minimum absolute atomic E-state index is 0.0345. The van der Waals surface area contributed by atoms with Gasteiger partial charge >= 0.3 is 5.69 Å². The van der Waals surface area contributed by atoms with Crippen LogP contribution in [-0.2, 0) is 14.1 Å². The number of carbonyl (C=O) groups is 1. The molecule has 0 fully saturated rings. The molecule has 158 valence electrons. The van der Waals surface area contributed by atoms with Crippen molar-refractivity contribution in [3.8, 4) is 0 Å². The molecule has 0 saturated carbocycles. The molecule has 30 heavy (non-hydrogen) atoms. The molecule has 1 aromatic carbocycles. The topological polar surface area (TPSA) is 89.2 Å². The van der Waals surface area contributed by atoms with E-state index < -0.39 is 11.2 Å². The van der Waals surface area contributed by atoms with Crippen LogP contribution in [0.2, 0.25) is 0 Å². The molecule has 1 N–H and O–H groups in total. The first-order chi connectivity index (χ1) is 14.4. The van der Waals surface area contributed by atoms with E-state index in [0.717, 1.165) is 23.2 Å². The number of fused-ring (bicyclic) bond motifs is 1. The van der Waals surface area contributed by atoms with Gasteiger partial charge < -0.3 is 5.32 Å². The van der Waals surface area contributed by atoms with E-state index in [2.05, 4.69) is 41.2 Å². The molecule has 1 amide bonds. The van der Waals surface area contributed by atoms with Crippen molar-refractivity contribution in [2.45, 2.75) is 19.9 Å². The van der Waals surface area contributed by atoms with Gasteiger partial charge in [0.1, 0.15) is 5.65 Å². The summed E-state index contributed by atoms with van der Waals surface area (Å²) in [6, 6.07) is 11.6. The van der Waals surface area contributed by atoms with Crippen molar-refractivity contribution >= 4 is 16.9 Å². The second-order valence-electron chi connectivity index (χ2n) is 7.16. The molecular formula is C22H27N5O3. The highest BCUT2D eigenvalue weighted by atomic mass is 16.2. The van der Waals surface area contributed by atoms with Crippen LogP contribution < -0.4 is 16.6 Å². The normalized spacial score (nSPS) is 12.3. The Bertz CT molecular complexity index is 1160. The number of hydrogen-bond acceptors (Lipinski definition) is 5. The summed E-state index contributed by atoms with van der Waals surface area (Å²) in [7, 11) is 2.96. The quantitative estimate of drug-likeness (QED) is 0.638. The fraction of sp³-hybridized carbons (Fsp3) is 0.364. The number of hydrogen-bond donors (Lipinski definition) is 1. The van der Waals surface area contributed by atoms with E-state index in [9.17, 15) is 14.4 Å². The van der Waals surface area contributed by atoms with Crippen molar-refractivity contribution in [2.75, 3.05) is 19.6 Å². The molecule has 2 heterocycles. The molecule has 0 bridgehead atoms. The van der Waals surface area contributed by atoms with Gasteiger partial charge in [0.05, 0.1) is 17.0 Å². The van der Waals surface area contributed by atoms with E-state index in [-0.39, 0.29) is 28.5 Å². The first-order valence-electron chi connectivity index (χ1n) is 10.0. The summed E-state index contributed by atoms with van der Waals surface area (Å²) in [5.41, 5.74) is 0.735. The zero-order valence-electron chi connectivity index (χ0n) is 17.8. The Morgan fingerprint density at radius 2 is 1.77 bits per heavy atom. The zero-order chi connectivity index (χ0) is 21.8. The Morgan fingerprint density at radius 3 is 2.40 bits per heavy atom. The van der Waals surface area contributed by atoms with Gasteiger partial charge in [-0.25, -0.2) is 9.78 Å². The molecule has 0 unspecified atom stereocenters. The molecule has 0 saturated heterocycles. The first-order valence-corrected chi connectivity index (χ1v) is 10.0. The van der Waals surface area contributed by atoms with Gasteiger partial charge in [-0.15, -0.1) is 0 Å². The third-order valence-electron chi connectivity index (χ3n) is 5.45. The molecule has 0 aliphatic rings. The Hall–Kier alpha value is -3.26. The van der Waals surface area contributed by atoms with Crippen LogP contribution in [0, 0.1) is 0 Å². The number of benzene rings is 1. The third kappa shape index (κ3) is 4.04. The van der Waals surface area contributed by atoms with Gasteiger partial charge in [0.25, 0.3) is 11.5 Å². The Kier molecular flexibility index (Phi) is 6.47. The lowest BCUT2D eigenvalue weighted by Gasteiger charge is -2.30. The van der Waals surface area contributed by atoms with Gasteiger partial charge in [-0.3, -0.25) is 23.6 Å². The lowest BCUT2D eigenvalue weighted by atomic mass is 10.0. The Balaban J connectivity index is 1.88. The van der Waals surface area contributed by atoms with Crippen molar-refractivity contribution in [3.63, 3.8) is 0 Å². The molecule has 0 aliphatic heterocycles. The van der Waals surface area contributed by atoms with E-state index in [1.54, 1.807) is 7.05 Å². The average molecular weight is 409 g/mol. The Morgan fingerprint density at radius 1 is 1.10 bits per heavy atom. The lowest BCUT2D eigenvalue weighted by Crippen LogP contribution is -2.39. The predicted octanol–water partition coefficient (Wildman–Crippen LogP) is 1.45. The standard InChI is InChI=1S/C22H27N5O3/c1-5-27(6-2)18(15-10-8-7-9-11-15)14-24-20(28)16-12-17-19(23-13-16)25(3)22(30)26(4)21(17)29/h7-13,18H,5-6,14H2,1-4H3,(H,24,28)/t18-/m0/s1. The lowest BCUT2D eigenvalue weighted by molar-refractivity contribution is 0.0934. The van der Waals surface area contributed by atoms with Crippen LogP contribution in [0.5, 0.6) is 0 Å². The van der Waals surface area contributed by atoms with Crippen LogP contribution in [0.25, 0.3) is 11.0 Å². The second kappa shape index (κ2) is 9.04. The number of nitrogens with one attached hydrogen (secondary N) is 1. The van der Waals surface area contributed by atoms with E-state index in [1.807, 2.05) is 18.2 Å². The third-order valence-corrected chi connectivity index (χ3v) is 5.45. The summed E-state index contributed by atoms with van der Waals surface area (Å²) in [4.78, 5) is 43.8. The molecule has 3 aromatic rings. The number of nitrogens with zero attached hydrogens (tertiary/aromatic N) is 4. The van der Waals surface area contributed by atoms with Crippen molar-refractivity contribution < 1.29 is 4.79 Å². The van der Waals surface area contributed by atoms with Crippen molar-refractivity contribution in [1.29, 1.82) is 0 Å². The summed E-state index contributed by atoms with van der Waals surface area (Å²) in [6.07, 6.45) is 1.39. The number of pyridine rings is 1. The summed E-state index contributed by atoms with van der Waals surface area (Å²) in [5, 5.41) is 3.21. The van der Waals surface area contributed by atoms with E-state index in [0.29, 0.717) is 6.54 Å². The summed E-state index contributed by atoms with van der Waals surface area (Å²) < 4.78 is 2.31. The maximum atomic E-state index is 12.8. The Labute approximate surface area is 174 Å². The van der Waals surface area contributed by atoms with Crippen molar-refractivity contribution in [1.82, 2.24) is 24.3 Å². The summed E-state index contributed by atoms with van der Waals surface area (Å²) in [5.74, 6) is -0.312. The predicted molar refractivity (Wildman–Crippen MR) is 117 cm³/mol. The van der Waals surface area contributed by atoms with Crippen LogP contribution in [0.15, 0.2) is 52.2 Å². The first kappa shape index (κ1) is 21.4. The number of aryl methyl sites for hydroxylation is 1. The van der Waals surface area contributed by atoms with Crippen LogP contribution in [0.4, 0.5) is 0 Å². The average Bonchev–Trinajstić information content (AvgIpc) is 2.79. The van der Waals surface area contributed by atoms with Gasteiger partial charge in [0.2, 0.25) is 0 Å². The highest BCUT2D eigenvalue weighted by Gasteiger charge is 2.20. The second-order valence-corrected chi connectivity index (χ2v) is 7.16. The van der Waals surface area contributed by atoms with Crippen molar-refractivity contribution in [2.24, 2.45) is 14.1 Å². The number of rotatable bonds is 7. The summed E-state index contributed by atoms with van der Waals surface area (Å²) in [6.45, 7) is 6.32. The van der Waals surface area contributed by atoms with Gasteiger partial charge in [0.15, 0.2) is 0 Å². The molecule has 8 heteroatoms. The molecule has 0 radical (unpaired) electrons. The molecule has 1 atom stereocenters. The molecule has 3 rings (SSSR count). The number of amides is 1. The van der Waals surface area contributed by atoms with Gasteiger partial charge in [0, 0.05) is 26.8 Å². The van der Waals surface area contributed by atoms with Crippen LogP contribution >= 0.6 is 0 Å². The van der Waals surface area contributed by atoms with E-state index >= 15 is 0 Å². The molecule has 2 aromatic heterocycles. The number of likely N-dealkylation sites (N-methyl/N-ethyl adjacent to an activating group) is 1. The minimum atomic E-state index is -0.472. The van der Waals surface area contributed by atoms with Crippen molar-refractivity contribution in [3.05, 3.63) is 74.6 Å². The molecule has 0 aliphatic carbocycles. The summed E-state index contributed by atoms with van der Waals surface area (Å²) >= 11 is 0. The molecule has 0 spiro atoms.